The predicted octanol–water partition coefficient (Wildman–Crippen LogP) is 3.01. The minimum atomic E-state index is -0.521. The van der Waals surface area contributed by atoms with Crippen molar-refractivity contribution in [2.45, 2.75) is 18.9 Å². The average Bonchev–Trinajstić information content (AvgIpc) is 2.62. The second-order valence-electron chi connectivity index (χ2n) is 5.89. The lowest BCUT2D eigenvalue weighted by molar-refractivity contribution is -0.128. The molecule has 1 fully saturated rings. The Morgan fingerprint density at radius 1 is 1.40 bits per heavy atom. The number of nitrogens with zero attached hydrogens (tertiary/aromatic N) is 2. The van der Waals surface area contributed by atoms with Gasteiger partial charge in [-0.05, 0) is 48.7 Å². The molecule has 3 rings (SSSR count). The van der Waals surface area contributed by atoms with E-state index in [1.54, 1.807) is 35.4 Å². The Labute approximate surface area is 145 Å². The van der Waals surface area contributed by atoms with E-state index in [9.17, 15) is 14.3 Å². The number of ether oxygens (including phenoxy) is 1. The van der Waals surface area contributed by atoms with E-state index < -0.39 is 11.9 Å². The summed E-state index contributed by atoms with van der Waals surface area (Å²) >= 11 is 0. The minimum Gasteiger partial charge on any atom is -0.453 e. The zero-order valence-electron chi connectivity index (χ0n) is 13.6. The van der Waals surface area contributed by atoms with E-state index in [0.717, 1.165) is 12.8 Å². The topological polar surface area (TPSA) is 62.7 Å². The maximum Gasteiger partial charge on any atom is 0.246 e. The highest BCUT2D eigenvalue weighted by molar-refractivity contribution is 5.91. The largest absolute Gasteiger partial charge is 0.453 e. The number of halogens is 1. The fourth-order valence-electron chi connectivity index (χ4n) is 2.67. The smallest absolute Gasteiger partial charge is 0.246 e. The third-order valence-electron chi connectivity index (χ3n) is 3.94. The van der Waals surface area contributed by atoms with E-state index in [-0.39, 0.29) is 11.7 Å². The Balaban J connectivity index is 1.65. The summed E-state index contributed by atoms with van der Waals surface area (Å²) in [6.45, 7) is 0.974. The Bertz CT molecular complexity index is 765. The number of amides is 1. The molecule has 1 aromatic carbocycles. The van der Waals surface area contributed by atoms with E-state index in [1.165, 1.54) is 24.4 Å². The molecule has 130 valence electrons. The van der Waals surface area contributed by atoms with Crippen LogP contribution < -0.4 is 4.74 Å². The number of piperidine rings is 1. The Hall–Kier alpha value is -2.73. The number of aliphatic hydroxyl groups excluding tert-OH is 1. The molecule has 0 saturated carbocycles. The van der Waals surface area contributed by atoms with Crippen molar-refractivity contribution < 1.29 is 19.0 Å². The number of pyridine rings is 1. The number of hydrogen-bond donors (Lipinski definition) is 1. The molecule has 1 aromatic heterocycles. The number of benzene rings is 1. The number of carbonyl (C=O) groups excluding carboxylic acids is 1. The molecule has 1 unspecified atom stereocenters. The monoisotopic (exact) mass is 342 g/mol. The normalized spacial score (nSPS) is 17.7. The van der Waals surface area contributed by atoms with Gasteiger partial charge in [0.25, 0.3) is 0 Å². The molecule has 25 heavy (non-hydrogen) atoms. The van der Waals surface area contributed by atoms with E-state index >= 15 is 0 Å². The molecule has 1 amide bonds. The van der Waals surface area contributed by atoms with Gasteiger partial charge in [0, 0.05) is 25.4 Å². The van der Waals surface area contributed by atoms with Crippen molar-refractivity contribution in [1.82, 2.24) is 9.88 Å². The molecule has 1 aliphatic heterocycles. The number of aliphatic hydroxyl groups is 1. The van der Waals surface area contributed by atoms with E-state index in [2.05, 4.69) is 4.98 Å². The summed E-state index contributed by atoms with van der Waals surface area (Å²) in [7, 11) is 0. The van der Waals surface area contributed by atoms with Crippen molar-refractivity contribution in [2.75, 3.05) is 13.1 Å². The molecule has 1 atom stereocenters. The summed E-state index contributed by atoms with van der Waals surface area (Å²) in [6, 6.07) is 7.88. The van der Waals surface area contributed by atoms with Crippen LogP contribution in [0.5, 0.6) is 11.5 Å². The molecule has 0 radical (unpaired) electrons. The molecule has 0 spiro atoms. The highest BCUT2D eigenvalue weighted by atomic mass is 19.1. The number of likely N-dealkylation sites (tertiary alicyclic amines) is 1. The second kappa shape index (κ2) is 7.90. The zero-order valence-corrected chi connectivity index (χ0v) is 13.6. The number of hydrogen-bond acceptors (Lipinski definition) is 4. The fraction of sp³-hybridized carbons (Fsp3) is 0.263. The van der Waals surface area contributed by atoms with Crippen LogP contribution in [-0.2, 0) is 4.79 Å². The van der Waals surface area contributed by atoms with Gasteiger partial charge in [-0.25, -0.2) is 4.39 Å². The highest BCUT2D eigenvalue weighted by Crippen LogP contribution is 2.25. The van der Waals surface area contributed by atoms with Crippen LogP contribution in [0.1, 0.15) is 18.4 Å². The van der Waals surface area contributed by atoms with Crippen molar-refractivity contribution in [2.24, 2.45) is 0 Å². The van der Waals surface area contributed by atoms with Crippen LogP contribution in [0.25, 0.3) is 6.08 Å². The van der Waals surface area contributed by atoms with Crippen molar-refractivity contribution in [3.63, 3.8) is 0 Å². The average molecular weight is 342 g/mol. The van der Waals surface area contributed by atoms with Crippen LogP contribution in [-0.4, -0.2) is 40.1 Å². The molecule has 2 heterocycles. The molecular formula is C19H19FN2O3. The second-order valence-corrected chi connectivity index (χ2v) is 5.89. The van der Waals surface area contributed by atoms with Crippen LogP contribution in [0.15, 0.2) is 48.8 Å². The van der Waals surface area contributed by atoms with Crippen molar-refractivity contribution in [1.29, 1.82) is 0 Å². The number of rotatable bonds is 4. The quantitative estimate of drug-likeness (QED) is 0.868. The molecule has 2 aromatic rings. The van der Waals surface area contributed by atoms with Crippen LogP contribution in [0.4, 0.5) is 4.39 Å². The molecular weight excluding hydrogens is 323 g/mol. The Morgan fingerprint density at radius 3 is 3.00 bits per heavy atom. The first-order valence-electron chi connectivity index (χ1n) is 8.14. The van der Waals surface area contributed by atoms with E-state index in [1.807, 2.05) is 0 Å². The summed E-state index contributed by atoms with van der Waals surface area (Å²) in [5.41, 5.74) is 0.557. The van der Waals surface area contributed by atoms with E-state index in [0.29, 0.717) is 24.4 Å². The lowest BCUT2D eigenvalue weighted by Gasteiger charge is -2.29. The molecule has 0 bridgehead atoms. The molecule has 1 saturated heterocycles. The van der Waals surface area contributed by atoms with Gasteiger partial charge in [-0.2, -0.15) is 0 Å². The van der Waals surface area contributed by atoms with Gasteiger partial charge in [0.15, 0.2) is 11.6 Å². The minimum absolute atomic E-state index is 0.0932. The van der Waals surface area contributed by atoms with Gasteiger partial charge in [-0.3, -0.25) is 9.78 Å². The maximum atomic E-state index is 14.2. The summed E-state index contributed by atoms with van der Waals surface area (Å²) in [5, 5.41) is 9.62. The summed E-state index contributed by atoms with van der Waals surface area (Å²) in [4.78, 5) is 17.6. The van der Waals surface area contributed by atoms with Crippen LogP contribution >= 0.6 is 0 Å². The van der Waals surface area contributed by atoms with Crippen molar-refractivity contribution in [3.05, 3.63) is 60.2 Å². The highest BCUT2D eigenvalue weighted by Gasteiger charge is 2.20. The molecule has 5 nitrogen and oxygen atoms in total. The van der Waals surface area contributed by atoms with E-state index in [4.69, 9.17) is 4.74 Å². The zero-order chi connectivity index (χ0) is 17.6. The SMILES string of the molecule is O=C(C=Cc1ccc(Oc2cccnc2)c(F)c1)N1CCCC(O)C1. The fourth-order valence-corrected chi connectivity index (χ4v) is 2.67. The van der Waals surface area contributed by atoms with Crippen LogP contribution in [0.2, 0.25) is 0 Å². The third kappa shape index (κ3) is 4.64. The number of carbonyl (C=O) groups is 1. The first-order valence-corrected chi connectivity index (χ1v) is 8.14. The van der Waals surface area contributed by atoms with Crippen LogP contribution in [0.3, 0.4) is 0 Å². The first-order chi connectivity index (χ1) is 12.1. The van der Waals surface area contributed by atoms with Gasteiger partial charge in [0.1, 0.15) is 5.75 Å². The third-order valence-corrected chi connectivity index (χ3v) is 3.94. The molecule has 1 N–H and O–H groups in total. The van der Waals surface area contributed by atoms with Gasteiger partial charge in [0.2, 0.25) is 5.91 Å². The summed E-state index contributed by atoms with van der Waals surface area (Å²) in [6.07, 6.45) is 7.10. The van der Waals surface area contributed by atoms with Crippen molar-refractivity contribution >= 4 is 12.0 Å². The first kappa shape index (κ1) is 17.1. The number of β-amino-alcohol motifs (C(OH)–C–C–N with tert-alkyl or cyclic N) is 1. The predicted molar refractivity (Wildman–Crippen MR) is 91.6 cm³/mol. The van der Waals surface area contributed by atoms with Gasteiger partial charge < -0.3 is 14.7 Å². The summed E-state index contributed by atoms with van der Waals surface area (Å²) < 4.78 is 19.6. The standard InChI is InChI=1S/C19H19FN2O3/c20-17-11-14(5-7-18(17)25-16-4-1-9-21-12-16)6-8-19(24)22-10-2-3-15(23)13-22/h1,4-9,11-12,15,23H,2-3,10,13H2. The van der Waals surface area contributed by atoms with Gasteiger partial charge in [0.05, 0.1) is 12.3 Å². The Morgan fingerprint density at radius 2 is 2.28 bits per heavy atom. The molecule has 1 aliphatic rings. The summed E-state index contributed by atoms with van der Waals surface area (Å²) in [5.74, 6) is -0.166. The van der Waals surface area contributed by atoms with Gasteiger partial charge >= 0.3 is 0 Å². The molecule has 6 heteroatoms. The molecule has 0 aliphatic carbocycles. The van der Waals surface area contributed by atoms with Crippen LogP contribution in [0, 0.1) is 5.82 Å². The maximum absolute atomic E-state index is 14.2. The Kier molecular flexibility index (Phi) is 5.40. The number of aromatic nitrogens is 1. The lowest BCUT2D eigenvalue weighted by Crippen LogP contribution is -2.41. The van der Waals surface area contributed by atoms with Crippen molar-refractivity contribution in [3.8, 4) is 11.5 Å². The van der Waals surface area contributed by atoms with Gasteiger partial charge in [-0.15, -0.1) is 0 Å². The van der Waals surface area contributed by atoms with Gasteiger partial charge in [-0.1, -0.05) is 6.07 Å². The lowest BCUT2D eigenvalue weighted by atomic mass is 10.1.